The summed E-state index contributed by atoms with van der Waals surface area (Å²) in [5, 5.41) is 2.45. The molecule has 1 aliphatic rings. The smallest absolute Gasteiger partial charge is 0.465 e. The highest BCUT2D eigenvalue weighted by Gasteiger charge is 2.53. The maximum atomic E-state index is 14.0. The molecule has 1 aliphatic carbocycles. The number of rotatable bonds is 14. The van der Waals surface area contributed by atoms with Crippen molar-refractivity contribution in [3.05, 3.63) is 35.9 Å². The van der Waals surface area contributed by atoms with Gasteiger partial charge in [-0.2, -0.15) is 8.42 Å². The molecule has 0 saturated heterocycles. The standard InChI is InChI=1S/C27H40N2O12S3/c1-4-40-26(32)41-27(25(31)39-2,21-13-9-6-10-14-21)29-23(30)20(17-19-11-7-5-8-12-19)18-44(37,38)24(42(33)34)22(28)15-16-43(3,35)36/h5,7-8,11-12,20-22H,4,6,9-10,13-18,28H2,1-3H3,(H,29,30). The van der Waals surface area contributed by atoms with Gasteiger partial charge in [-0.05, 0) is 38.2 Å². The molecule has 1 saturated carbocycles. The number of hydrogen-bond acceptors (Lipinski definition) is 13. The molecule has 14 nitrogen and oxygen atoms in total. The molecule has 248 valence electrons. The minimum Gasteiger partial charge on any atom is -0.465 e. The van der Waals surface area contributed by atoms with Crippen LogP contribution in [0.5, 0.6) is 0 Å². The van der Waals surface area contributed by atoms with E-state index in [1.165, 1.54) is 6.92 Å². The van der Waals surface area contributed by atoms with Crippen molar-refractivity contribution in [1.29, 1.82) is 0 Å². The van der Waals surface area contributed by atoms with E-state index >= 15 is 0 Å². The largest absolute Gasteiger partial charge is 0.510 e. The first-order valence-electron chi connectivity index (χ1n) is 14.0. The minimum absolute atomic E-state index is 0.103. The Morgan fingerprint density at radius 2 is 1.68 bits per heavy atom. The number of carbonyl (C=O) groups excluding carboxylic acids is 3. The Hall–Kier alpha value is -3.02. The Morgan fingerprint density at radius 3 is 2.20 bits per heavy atom. The number of benzene rings is 1. The Bertz CT molecular complexity index is 1510. The monoisotopic (exact) mass is 680 g/mol. The van der Waals surface area contributed by atoms with Crippen molar-refractivity contribution in [2.24, 2.45) is 17.6 Å². The summed E-state index contributed by atoms with van der Waals surface area (Å²) in [5.74, 6) is -6.08. The van der Waals surface area contributed by atoms with Gasteiger partial charge in [-0.15, -0.1) is 0 Å². The summed E-state index contributed by atoms with van der Waals surface area (Å²) < 4.78 is 88.6. The second-order valence-corrected chi connectivity index (χ2v) is 16.0. The van der Waals surface area contributed by atoms with E-state index in [0.717, 1.165) is 19.8 Å². The first kappa shape index (κ1) is 37.2. The number of ether oxygens (including phenoxy) is 3. The summed E-state index contributed by atoms with van der Waals surface area (Å²) in [6, 6.07) is 6.53. The zero-order chi connectivity index (χ0) is 33.1. The third kappa shape index (κ3) is 10.6. The zero-order valence-electron chi connectivity index (χ0n) is 24.9. The highest BCUT2D eigenvalue weighted by molar-refractivity contribution is 8.15. The van der Waals surface area contributed by atoms with Gasteiger partial charge in [0, 0.05) is 12.2 Å². The maximum absolute atomic E-state index is 14.0. The van der Waals surface area contributed by atoms with E-state index in [4.69, 9.17) is 19.9 Å². The van der Waals surface area contributed by atoms with Gasteiger partial charge >= 0.3 is 12.1 Å². The number of methoxy groups -OCH3 is 1. The highest BCUT2D eigenvalue weighted by Crippen LogP contribution is 2.35. The van der Waals surface area contributed by atoms with Crippen LogP contribution in [0, 0.1) is 11.8 Å². The number of carbonyl (C=O) groups is 3. The molecule has 0 heterocycles. The van der Waals surface area contributed by atoms with Crippen molar-refractivity contribution >= 4 is 52.2 Å². The SMILES string of the molecule is CCOC(=O)OC(NC(=O)C(Cc1ccccc1)CS(=O)(=O)C(C(N)CCS(C)(=O)=O)=S(=O)=O)(C(=O)OC)C1CCCCC1. The van der Waals surface area contributed by atoms with E-state index < -0.39 is 93.7 Å². The third-order valence-electron chi connectivity index (χ3n) is 7.17. The van der Waals surface area contributed by atoms with Gasteiger partial charge in [0.1, 0.15) is 9.84 Å². The molecular formula is C27H40N2O12S3. The lowest BCUT2D eigenvalue weighted by Gasteiger charge is -2.39. The molecule has 0 aliphatic heterocycles. The van der Waals surface area contributed by atoms with Crippen molar-refractivity contribution in [3.8, 4) is 0 Å². The molecule has 2 rings (SSSR count). The molecule has 0 bridgehead atoms. The summed E-state index contributed by atoms with van der Waals surface area (Å²) >= 11 is 0. The first-order chi connectivity index (χ1) is 20.6. The van der Waals surface area contributed by atoms with Gasteiger partial charge < -0.3 is 25.3 Å². The number of nitrogens with two attached hydrogens (primary N) is 1. The molecule has 3 N–H and O–H groups in total. The average Bonchev–Trinajstić information content (AvgIpc) is 2.95. The molecule has 17 heteroatoms. The Labute approximate surface area is 259 Å². The van der Waals surface area contributed by atoms with Crippen LogP contribution in [0.3, 0.4) is 0 Å². The summed E-state index contributed by atoms with van der Waals surface area (Å²) in [5.41, 5.74) is 3.99. The van der Waals surface area contributed by atoms with Crippen molar-refractivity contribution in [2.75, 3.05) is 31.5 Å². The van der Waals surface area contributed by atoms with E-state index in [2.05, 4.69) is 5.32 Å². The van der Waals surface area contributed by atoms with Crippen molar-refractivity contribution in [3.63, 3.8) is 0 Å². The lowest BCUT2D eigenvalue weighted by molar-refractivity contribution is -0.183. The van der Waals surface area contributed by atoms with Gasteiger partial charge in [0.25, 0.3) is 5.72 Å². The second-order valence-electron chi connectivity index (χ2n) is 10.6. The van der Waals surface area contributed by atoms with Gasteiger partial charge in [0.2, 0.25) is 16.2 Å². The average molecular weight is 681 g/mol. The summed E-state index contributed by atoms with van der Waals surface area (Å²) in [4.78, 5) is 39.8. The highest BCUT2D eigenvalue weighted by atomic mass is 32.2. The molecule has 1 aromatic rings. The first-order valence-corrected chi connectivity index (χ1v) is 18.8. The van der Waals surface area contributed by atoms with Gasteiger partial charge in [0.15, 0.2) is 14.0 Å². The van der Waals surface area contributed by atoms with E-state index in [0.29, 0.717) is 31.2 Å². The van der Waals surface area contributed by atoms with Gasteiger partial charge in [-0.1, -0.05) is 49.6 Å². The van der Waals surface area contributed by atoms with Gasteiger partial charge in [-0.25, -0.2) is 26.4 Å². The number of hydrogen-bond donors (Lipinski definition) is 2. The zero-order valence-corrected chi connectivity index (χ0v) is 27.3. The summed E-state index contributed by atoms with van der Waals surface area (Å²) in [6.45, 7) is 1.41. The Morgan fingerprint density at radius 1 is 1.07 bits per heavy atom. The van der Waals surface area contributed by atoms with Crippen LogP contribution in [0.25, 0.3) is 0 Å². The molecule has 0 radical (unpaired) electrons. The van der Waals surface area contributed by atoms with Crippen molar-refractivity contribution < 1.29 is 53.8 Å². The quantitative estimate of drug-likeness (QED) is 0.158. The molecule has 0 spiro atoms. The normalized spacial score (nSPS) is 16.9. The topological polar surface area (TPSA) is 219 Å². The lowest BCUT2D eigenvalue weighted by Crippen LogP contribution is -2.64. The predicted octanol–water partition coefficient (Wildman–Crippen LogP) is 0.770. The number of esters is 1. The number of nitrogens with one attached hydrogen (secondary N) is 1. The molecule has 3 unspecified atom stereocenters. The van der Waals surface area contributed by atoms with Gasteiger partial charge in [0.05, 0.1) is 37.2 Å². The summed E-state index contributed by atoms with van der Waals surface area (Å²) in [7, 11) is -10.8. The number of amides is 1. The second kappa shape index (κ2) is 16.3. The van der Waals surface area contributed by atoms with Gasteiger partial charge in [-0.3, -0.25) is 4.79 Å². The maximum Gasteiger partial charge on any atom is 0.510 e. The van der Waals surface area contributed by atoms with Crippen LogP contribution < -0.4 is 11.1 Å². The Balaban J connectivity index is 2.59. The lowest BCUT2D eigenvalue weighted by atomic mass is 9.80. The van der Waals surface area contributed by atoms with E-state index in [9.17, 15) is 39.6 Å². The molecule has 1 amide bonds. The van der Waals surface area contributed by atoms with Crippen molar-refractivity contribution in [2.45, 2.75) is 63.6 Å². The van der Waals surface area contributed by atoms with Crippen molar-refractivity contribution in [1.82, 2.24) is 5.32 Å². The number of sulfone groups is 2. The van der Waals surface area contributed by atoms with E-state index in [1.807, 2.05) is 0 Å². The molecule has 1 aromatic carbocycles. The van der Waals surface area contributed by atoms with Crippen LogP contribution in [-0.4, -0.2) is 90.7 Å². The van der Waals surface area contributed by atoms with Crippen LogP contribution in [0.4, 0.5) is 4.79 Å². The predicted molar refractivity (Wildman–Crippen MR) is 161 cm³/mol. The summed E-state index contributed by atoms with van der Waals surface area (Å²) in [6.07, 6.45) is 1.74. The fraction of sp³-hybridized carbons (Fsp3) is 0.630. The van der Waals surface area contributed by atoms with Crippen LogP contribution in [0.15, 0.2) is 30.3 Å². The molecule has 0 aromatic heterocycles. The third-order valence-corrected chi connectivity index (χ3v) is 11.7. The van der Waals surface area contributed by atoms with Crippen LogP contribution in [-0.2, 0) is 60.2 Å². The fourth-order valence-corrected chi connectivity index (χ4v) is 8.71. The van der Waals surface area contributed by atoms with E-state index in [1.54, 1.807) is 30.3 Å². The Kier molecular flexibility index (Phi) is 13.8. The van der Waals surface area contributed by atoms with Crippen LogP contribution >= 0.6 is 0 Å². The molecule has 3 atom stereocenters. The van der Waals surface area contributed by atoms with Crippen LogP contribution in [0.2, 0.25) is 0 Å². The molecule has 1 fully saturated rings. The fourth-order valence-electron chi connectivity index (χ4n) is 5.08. The molecular weight excluding hydrogens is 640 g/mol. The minimum atomic E-state index is -4.82. The molecule has 44 heavy (non-hydrogen) atoms. The van der Waals surface area contributed by atoms with E-state index in [-0.39, 0.29) is 13.0 Å². The van der Waals surface area contributed by atoms with Crippen LogP contribution in [0.1, 0.15) is 51.0 Å².